The predicted octanol–water partition coefficient (Wildman–Crippen LogP) is 3.17. The van der Waals surface area contributed by atoms with E-state index in [9.17, 15) is 9.59 Å². The van der Waals surface area contributed by atoms with Gasteiger partial charge in [-0.1, -0.05) is 45.4 Å². The summed E-state index contributed by atoms with van der Waals surface area (Å²) in [7, 11) is 0. The number of carbonyl (C=O) groups excluding carboxylic acids is 2. The second kappa shape index (κ2) is 10.5. The van der Waals surface area contributed by atoms with Gasteiger partial charge in [-0.15, -0.1) is 0 Å². The number of amides is 1. The highest BCUT2D eigenvalue weighted by atomic mass is 16.5. The van der Waals surface area contributed by atoms with Crippen LogP contribution in [0.4, 0.5) is 0 Å². The molecule has 0 aromatic heterocycles. The number of nitrogens with one attached hydrogen (secondary N) is 1. The average molecular weight is 375 g/mol. The molecule has 1 aromatic carbocycles. The zero-order valence-corrected chi connectivity index (χ0v) is 16.9. The minimum absolute atomic E-state index is 0.0958. The van der Waals surface area contributed by atoms with Crippen molar-refractivity contribution in [1.29, 1.82) is 0 Å². The lowest BCUT2D eigenvalue weighted by atomic mass is 9.70. The Morgan fingerprint density at radius 3 is 2.70 bits per heavy atom. The predicted molar refractivity (Wildman–Crippen MR) is 107 cm³/mol. The van der Waals surface area contributed by atoms with Crippen molar-refractivity contribution >= 4 is 11.9 Å². The van der Waals surface area contributed by atoms with E-state index in [0.29, 0.717) is 42.8 Å². The largest absolute Gasteiger partial charge is 0.461 e. The lowest BCUT2D eigenvalue weighted by molar-refractivity contribution is -0.129. The molecule has 1 aromatic rings. The Morgan fingerprint density at radius 2 is 2.00 bits per heavy atom. The Bertz CT molecular complexity index is 630. The molecule has 3 N–H and O–H groups in total. The van der Waals surface area contributed by atoms with Crippen molar-refractivity contribution in [3.8, 4) is 0 Å². The number of hydrogen-bond acceptors (Lipinski definition) is 4. The van der Waals surface area contributed by atoms with E-state index in [1.807, 2.05) is 18.2 Å². The molecule has 27 heavy (non-hydrogen) atoms. The van der Waals surface area contributed by atoms with Crippen molar-refractivity contribution in [3.63, 3.8) is 0 Å². The number of benzene rings is 1. The smallest absolute Gasteiger partial charge is 0.338 e. The summed E-state index contributed by atoms with van der Waals surface area (Å²) >= 11 is 0. The third-order valence-corrected chi connectivity index (χ3v) is 5.64. The third kappa shape index (κ3) is 6.06. The first-order valence-corrected chi connectivity index (χ1v) is 10.2. The monoisotopic (exact) mass is 374 g/mol. The molecule has 0 heterocycles. The molecule has 0 radical (unpaired) electrons. The van der Waals surface area contributed by atoms with E-state index in [0.717, 1.165) is 18.4 Å². The molecule has 2 rings (SSSR count). The van der Waals surface area contributed by atoms with Crippen LogP contribution in [0.5, 0.6) is 0 Å². The standard InChI is InChI=1S/C22H34N2O3/c1-15(2)18-9-8-16(3)14-20(18)21(25)24-12-10-17-6-4-5-7-19(17)22(26)27-13-11-23/h4-7,15-16,18,20H,8-14,23H2,1-3H3,(H,24,25)/t16?,18-,20+/m0/s1. The molecule has 5 heteroatoms. The first-order chi connectivity index (χ1) is 12.9. The van der Waals surface area contributed by atoms with Gasteiger partial charge in [0.05, 0.1) is 5.56 Å². The van der Waals surface area contributed by atoms with Crippen molar-refractivity contribution in [1.82, 2.24) is 5.32 Å². The maximum Gasteiger partial charge on any atom is 0.338 e. The highest BCUT2D eigenvalue weighted by molar-refractivity contribution is 5.91. The van der Waals surface area contributed by atoms with Crippen molar-refractivity contribution in [3.05, 3.63) is 35.4 Å². The molecule has 150 valence electrons. The van der Waals surface area contributed by atoms with Gasteiger partial charge in [-0.3, -0.25) is 4.79 Å². The lowest BCUT2D eigenvalue weighted by Crippen LogP contribution is -2.40. The summed E-state index contributed by atoms with van der Waals surface area (Å²) in [5.41, 5.74) is 6.83. The Kier molecular flexibility index (Phi) is 8.29. The lowest BCUT2D eigenvalue weighted by Gasteiger charge is -2.36. The van der Waals surface area contributed by atoms with Crippen LogP contribution in [0.25, 0.3) is 0 Å². The van der Waals surface area contributed by atoms with Gasteiger partial charge < -0.3 is 15.8 Å². The minimum atomic E-state index is -0.358. The Hall–Kier alpha value is -1.88. The Morgan fingerprint density at radius 1 is 1.26 bits per heavy atom. The quantitative estimate of drug-likeness (QED) is 0.685. The molecule has 3 atom stereocenters. The van der Waals surface area contributed by atoms with E-state index in [1.54, 1.807) is 6.07 Å². The third-order valence-electron chi connectivity index (χ3n) is 5.64. The molecule has 0 spiro atoms. The Labute approximate surface area is 163 Å². The van der Waals surface area contributed by atoms with Crippen LogP contribution in [0, 0.1) is 23.7 Å². The van der Waals surface area contributed by atoms with Crippen LogP contribution >= 0.6 is 0 Å². The van der Waals surface area contributed by atoms with Crippen molar-refractivity contribution in [2.45, 2.75) is 46.5 Å². The zero-order valence-electron chi connectivity index (χ0n) is 16.9. The number of ether oxygens (including phenoxy) is 1. The van der Waals surface area contributed by atoms with Crippen LogP contribution in [-0.2, 0) is 16.0 Å². The second-order valence-electron chi connectivity index (χ2n) is 8.06. The summed E-state index contributed by atoms with van der Waals surface area (Å²) in [6.45, 7) is 7.70. The van der Waals surface area contributed by atoms with E-state index < -0.39 is 0 Å². The molecule has 1 aliphatic rings. The highest BCUT2D eigenvalue weighted by Crippen LogP contribution is 2.38. The molecule has 0 bridgehead atoms. The van der Waals surface area contributed by atoms with E-state index in [2.05, 4.69) is 26.1 Å². The molecule has 1 aliphatic carbocycles. The van der Waals surface area contributed by atoms with Crippen LogP contribution < -0.4 is 11.1 Å². The van der Waals surface area contributed by atoms with Gasteiger partial charge in [-0.05, 0) is 48.6 Å². The van der Waals surface area contributed by atoms with E-state index >= 15 is 0 Å². The highest BCUT2D eigenvalue weighted by Gasteiger charge is 2.35. The minimum Gasteiger partial charge on any atom is -0.461 e. The molecule has 5 nitrogen and oxygen atoms in total. The summed E-state index contributed by atoms with van der Waals surface area (Å²) in [6, 6.07) is 7.38. The van der Waals surface area contributed by atoms with Crippen molar-refractivity contribution in [2.24, 2.45) is 29.4 Å². The fourth-order valence-electron chi connectivity index (χ4n) is 4.12. The summed E-state index contributed by atoms with van der Waals surface area (Å²) in [4.78, 5) is 24.9. The summed E-state index contributed by atoms with van der Waals surface area (Å²) in [6.07, 6.45) is 3.92. The van der Waals surface area contributed by atoms with Gasteiger partial charge in [-0.25, -0.2) is 4.79 Å². The van der Waals surface area contributed by atoms with Crippen LogP contribution in [0.3, 0.4) is 0 Å². The average Bonchev–Trinajstić information content (AvgIpc) is 2.66. The van der Waals surface area contributed by atoms with Crippen molar-refractivity contribution in [2.75, 3.05) is 19.7 Å². The molecular weight excluding hydrogens is 340 g/mol. The molecule has 1 saturated carbocycles. The van der Waals surface area contributed by atoms with Gasteiger partial charge in [0.15, 0.2) is 0 Å². The number of nitrogens with two attached hydrogens (primary N) is 1. The number of esters is 1. The van der Waals surface area contributed by atoms with Crippen molar-refractivity contribution < 1.29 is 14.3 Å². The molecule has 1 amide bonds. The van der Waals surface area contributed by atoms with Crippen LogP contribution in [0.15, 0.2) is 24.3 Å². The van der Waals surface area contributed by atoms with Gasteiger partial charge in [0.1, 0.15) is 6.61 Å². The first-order valence-electron chi connectivity index (χ1n) is 10.2. The molecule has 0 aliphatic heterocycles. The number of hydrogen-bond donors (Lipinski definition) is 2. The van der Waals surface area contributed by atoms with E-state index in [-0.39, 0.29) is 24.4 Å². The maximum atomic E-state index is 12.8. The molecule has 1 unspecified atom stereocenters. The molecular formula is C22H34N2O3. The second-order valence-corrected chi connectivity index (χ2v) is 8.06. The summed E-state index contributed by atoms with van der Waals surface area (Å²) < 4.78 is 5.14. The van der Waals surface area contributed by atoms with Gasteiger partial charge >= 0.3 is 5.97 Å². The molecule has 0 saturated heterocycles. The van der Waals surface area contributed by atoms with E-state index in [4.69, 9.17) is 10.5 Å². The fourth-order valence-corrected chi connectivity index (χ4v) is 4.12. The van der Waals surface area contributed by atoms with E-state index in [1.165, 1.54) is 6.42 Å². The summed E-state index contributed by atoms with van der Waals surface area (Å²) in [5, 5.41) is 3.10. The SMILES string of the molecule is CC1CC[C@@H](C(C)C)[C@H](C(=O)NCCc2ccccc2C(=O)OCCN)C1. The van der Waals surface area contributed by atoms with Crippen LogP contribution in [0.1, 0.15) is 56.0 Å². The molecule has 1 fully saturated rings. The van der Waals surface area contributed by atoms with Crippen LogP contribution in [-0.4, -0.2) is 31.6 Å². The number of carbonyl (C=O) groups is 2. The summed E-state index contributed by atoms with van der Waals surface area (Å²) in [5.74, 6) is 1.48. The zero-order chi connectivity index (χ0) is 19.8. The first kappa shape index (κ1) is 21.4. The fraction of sp³-hybridized carbons (Fsp3) is 0.636. The van der Waals surface area contributed by atoms with Gasteiger partial charge in [0.2, 0.25) is 5.91 Å². The van der Waals surface area contributed by atoms with Crippen LogP contribution in [0.2, 0.25) is 0 Å². The normalized spacial score (nSPS) is 22.5. The Balaban J connectivity index is 1.93. The van der Waals surface area contributed by atoms with Gasteiger partial charge in [0, 0.05) is 19.0 Å². The van der Waals surface area contributed by atoms with Gasteiger partial charge in [0.25, 0.3) is 0 Å². The maximum absolute atomic E-state index is 12.8. The topological polar surface area (TPSA) is 81.4 Å². The van der Waals surface area contributed by atoms with Gasteiger partial charge in [-0.2, -0.15) is 0 Å². The number of rotatable bonds is 8.